The van der Waals surface area contributed by atoms with Gasteiger partial charge in [-0.15, -0.1) is 6.58 Å². The molecule has 0 spiro atoms. The van der Waals surface area contributed by atoms with Crippen LogP contribution in [0.5, 0.6) is 5.75 Å². The first-order chi connectivity index (χ1) is 18.9. The Balaban J connectivity index is 1.29. The zero-order valence-electron chi connectivity index (χ0n) is 22.8. The van der Waals surface area contributed by atoms with Crippen molar-refractivity contribution in [2.45, 2.75) is 32.9 Å². The summed E-state index contributed by atoms with van der Waals surface area (Å²) in [6.07, 6.45) is 2.70. The van der Waals surface area contributed by atoms with E-state index >= 15 is 0 Å². The van der Waals surface area contributed by atoms with Crippen molar-refractivity contribution in [3.8, 4) is 5.75 Å². The number of hydrogen-bond acceptors (Lipinski definition) is 5. The number of carbonyl (C=O) groups is 2. The van der Waals surface area contributed by atoms with Crippen LogP contribution < -0.4 is 4.74 Å². The van der Waals surface area contributed by atoms with Gasteiger partial charge in [-0.2, -0.15) is 0 Å². The maximum Gasteiger partial charge on any atom is 0.289 e. The molecular formula is C32H37N3O4. The lowest BCUT2D eigenvalue weighted by Gasteiger charge is -2.39. The second kappa shape index (κ2) is 11.9. The van der Waals surface area contributed by atoms with Gasteiger partial charge in [-0.3, -0.25) is 14.5 Å². The van der Waals surface area contributed by atoms with Crippen molar-refractivity contribution >= 4 is 11.8 Å². The Labute approximate surface area is 230 Å². The summed E-state index contributed by atoms with van der Waals surface area (Å²) < 4.78 is 12.0. The molecule has 1 aromatic heterocycles. The first kappa shape index (κ1) is 26.8. The Morgan fingerprint density at radius 2 is 1.79 bits per heavy atom. The molecule has 2 aromatic carbocycles. The molecule has 7 nitrogen and oxygen atoms in total. The van der Waals surface area contributed by atoms with Crippen LogP contribution in [0.1, 0.15) is 52.9 Å². The zero-order valence-corrected chi connectivity index (χ0v) is 22.8. The van der Waals surface area contributed by atoms with Crippen LogP contribution in [0.25, 0.3) is 0 Å². The van der Waals surface area contributed by atoms with Gasteiger partial charge in [-0.1, -0.05) is 56.3 Å². The summed E-state index contributed by atoms with van der Waals surface area (Å²) in [6, 6.07) is 19.7. The fourth-order valence-corrected chi connectivity index (χ4v) is 5.44. The Hall–Kier alpha value is -3.84. The van der Waals surface area contributed by atoms with Crippen molar-refractivity contribution < 1.29 is 18.7 Å². The summed E-state index contributed by atoms with van der Waals surface area (Å²) in [4.78, 5) is 32.2. The number of fused-ring (bicyclic) bond motifs is 1. The molecule has 3 heterocycles. The minimum Gasteiger partial charge on any atom is -0.486 e. The molecule has 2 amide bonds. The largest absolute Gasteiger partial charge is 0.486 e. The second-order valence-corrected chi connectivity index (χ2v) is 10.5. The van der Waals surface area contributed by atoms with Crippen molar-refractivity contribution in [2.75, 3.05) is 39.3 Å². The van der Waals surface area contributed by atoms with Crippen LogP contribution in [0.4, 0.5) is 0 Å². The molecule has 1 fully saturated rings. The number of benzene rings is 2. The molecule has 0 saturated carbocycles. The third-order valence-corrected chi connectivity index (χ3v) is 7.54. The van der Waals surface area contributed by atoms with Crippen LogP contribution in [-0.4, -0.2) is 65.8 Å². The van der Waals surface area contributed by atoms with E-state index in [0.29, 0.717) is 36.9 Å². The lowest BCUT2D eigenvalue weighted by molar-refractivity contribution is -0.136. The highest BCUT2D eigenvalue weighted by atomic mass is 16.5. The fraction of sp³-hybridized carbons (Fsp3) is 0.375. The maximum atomic E-state index is 13.1. The van der Waals surface area contributed by atoms with Gasteiger partial charge in [-0.05, 0) is 47.4 Å². The smallest absolute Gasteiger partial charge is 0.289 e. The Morgan fingerprint density at radius 3 is 2.51 bits per heavy atom. The van der Waals surface area contributed by atoms with Crippen molar-refractivity contribution in [2.24, 2.45) is 5.92 Å². The van der Waals surface area contributed by atoms with E-state index in [-0.39, 0.29) is 30.4 Å². The Morgan fingerprint density at radius 1 is 1.03 bits per heavy atom. The molecule has 0 bridgehead atoms. The topological polar surface area (TPSA) is 66.2 Å². The average Bonchev–Trinajstić information content (AvgIpc) is 3.44. The van der Waals surface area contributed by atoms with Gasteiger partial charge in [-0.25, -0.2) is 0 Å². The van der Waals surface area contributed by atoms with E-state index in [2.05, 4.69) is 29.7 Å². The van der Waals surface area contributed by atoms with E-state index in [0.717, 1.165) is 37.2 Å². The number of amides is 2. The van der Waals surface area contributed by atoms with Crippen LogP contribution in [0.3, 0.4) is 0 Å². The molecule has 2 aliphatic heterocycles. The van der Waals surface area contributed by atoms with E-state index in [9.17, 15) is 9.59 Å². The summed E-state index contributed by atoms with van der Waals surface area (Å²) in [7, 11) is 0. The number of ether oxygens (including phenoxy) is 1. The van der Waals surface area contributed by atoms with E-state index in [1.54, 1.807) is 12.1 Å². The summed E-state index contributed by atoms with van der Waals surface area (Å²) >= 11 is 0. The molecule has 5 rings (SSSR count). The van der Waals surface area contributed by atoms with E-state index in [1.165, 1.54) is 5.56 Å². The molecule has 2 aliphatic rings. The fourth-order valence-electron chi connectivity index (χ4n) is 5.44. The molecule has 1 atom stereocenters. The summed E-state index contributed by atoms with van der Waals surface area (Å²) in [5.74, 6) is 1.62. The molecule has 0 N–H and O–H groups in total. The third-order valence-electron chi connectivity index (χ3n) is 7.54. The monoisotopic (exact) mass is 527 g/mol. The lowest BCUT2D eigenvalue weighted by Crippen LogP contribution is -2.48. The number of rotatable bonds is 8. The highest BCUT2D eigenvalue weighted by Gasteiger charge is 2.33. The first-order valence-corrected chi connectivity index (χ1v) is 13.8. The summed E-state index contributed by atoms with van der Waals surface area (Å²) in [6.45, 7) is 12.4. The summed E-state index contributed by atoms with van der Waals surface area (Å²) in [5, 5.41) is 0. The predicted octanol–water partition coefficient (Wildman–Crippen LogP) is 4.93. The van der Waals surface area contributed by atoms with Gasteiger partial charge in [0.2, 0.25) is 5.91 Å². The molecule has 0 aliphatic carbocycles. The van der Waals surface area contributed by atoms with Gasteiger partial charge in [0.15, 0.2) is 5.76 Å². The van der Waals surface area contributed by atoms with Crippen molar-refractivity contribution in [3.63, 3.8) is 0 Å². The van der Waals surface area contributed by atoms with Crippen molar-refractivity contribution in [1.82, 2.24) is 14.7 Å². The van der Waals surface area contributed by atoms with Gasteiger partial charge >= 0.3 is 0 Å². The van der Waals surface area contributed by atoms with E-state index in [1.807, 2.05) is 60.1 Å². The first-order valence-electron chi connectivity index (χ1n) is 13.8. The molecular weight excluding hydrogens is 490 g/mol. The number of carbonyl (C=O) groups excluding carboxylic acids is 2. The van der Waals surface area contributed by atoms with Crippen LogP contribution in [-0.2, 0) is 17.8 Å². The lowest BCUT2D eigenvalue weighted by atomic mass is 9.87. The van der Waals surface area contributed by atoms with Gasteiger partial charge in [0.25, 0.3) is 5.91 Å². The highest BCUT2D eigenvalue weighted by Crippen LogP contribution is 2.38. The Kier molecular flexibility index (Phi) is 8.17. The number of piperazine rings is 1. The predicted molar refractivity (Wildman–Crippen MR) is 151 cm³/mol. The normalized spacial score (nSPS) is 17.7. The van der Waals surface area contributed by atoms with Gasteiger partial charge in [0.1, 0.15) is 18.1 Å². The summed E-state index contributed by atoms with van der Waals surface area (Å²) in [5.41, 5.74) is 3.40. The maximum absolute atomic E-state index is 13.1. The van der Waals surface area contributed by atoms with Gasteiger partial charge < -0.3 is 19.0 Å². The second-order valence-electron chi connectivity index (χ2n) is 10.5. The molecule has 0 radical (unpaired) electrons. The van der Waals surface area contributed by atoms with E-state index in [4.69, 9.17) is 9.15 Å². The van der Waals surface area contributed by atoms with Crippen LogP contribution >= 0.6 is 0 Å². The molecule has 39 heavy (non-hydrogen) atoms. The van der Waals surface area contributed by atoms with Crippen LogP contribution in [0.15, 0.2) is 77.7 Å². The number of hydrogen-bond donors (Lipinski definition) is 0. The number of nitrogens with zero attached hydrogens (tertiary/aromatic N) is 3. The van der Waals surface area contributed by atoms with Gasteiger partial charge in [0.05, 0.1) is 6.04 Å². The highest BCUT2D eigenvalue weighted by molar-refractivity contribution is 5.91. The molecule has 1 saturated heterocycles. The average molecular weight is 528 g/mol. The van der Waals surface area contributed by atoms with Crippen LogP contribution in [0, 0.1) is 5.92 Å². The van der Waals surface area contributed by atoms with Gasteiger partial charge in [0, 0.05) is 45.2 Å². The Bertz CT molecular complexity index is 1310. The quantitative estimate of drug-likeness (QED) is 0.389. The standard InChI is InChI=1S/C32H37N3O4/c1-4-15-33-17-19-34(20-18-33)32(37)29-13-12-27(39-29)22-38-26-11-10-24-14-16-35(31(36)23(2)3)30(28(24)21-26)25-8-6-5-7-9-25/h4-13,21,23,30H,1,14-20,22H2,2-3H3. The third kappa shape index (κ3) is 5.93. The zero-order chi connectivity index (χ0) is 27.4. The number of furan rings is 1. The van der Waals surface area contributed by atoms with Crippen LogP contribution in [0.2, 0.25) is 0 Å². The molecule has 7 heteroatoms. The van der Waals surface area contributed by atoms with E-state index < -0.39 is 0 Å². The molecule has 3 aromatic rings. The van der Waals surface area contributed by atoms with Crippen molar-refractivity contribution in [3.05, 3.63) is 102 Å². The molecule has 1 unspecified atom stereocenters. The molecule has 204 valence electrons. The SMILES string of the molecule is C=CCN1CCN(C(=O)c2ccc(COc3ccc4c(c3)C(c3ccccc3)N(C(=O)C(C)C)CC4)o2)CC1. The van der Waals surface area contributed by atoms with Crippen molar-refractivity contribution in [1.29, 1.82) is 0 Å². The minimum absolute atomic E-state index is 0.0796. The minimum atomic E-state index is -0.159.